The van der Waals surface area contributed by atoms with E-state index >= 15 is 0 Å². The number of benzene rings is 2. The summed E-state index contributed by atoms with van der Waals surface area (Å²) >= 11 is 1.43. The van der Waals surface area contributed by atoms with E-state index in [1.807, 2.05) is 0 Å². The second-order valence-corrected chi connectivity index (χ2v) is 7.55. The molecule has 0 aliphatic carbocycles. The lowest BCUT2D eigenvalue weighted by Gasteiger charge is -2.13. The quantitative estimate of drug-likeness (QED) is 0.495. The van der Waals surface area contributed by atoms with Gasteiger partial charge in [0.25, 0.3) is 0 Å². The number of Topliss-reactive ketones (excluding diaryl/α,β-unsaturated/α-hetero) is 1. The molecule has 144 valence electrons. The van der Waals surface area contributed by atoms with Crippen LogP contribution in [0.25, 0.3) is 10.2 Å². The van der Waals surface area contributed by atoms with Gasteiger partial charge in [-0.25, -0.2) is 9.78 Å². The summed E-state index contributed by atoms with van der Waals surface area (Å²) in [7, 11) is 0. The average molecular weight is 396 g/mol. The number of anilines is 1. The van der Waals surface area contributed by atoms with Gasteiger partial charge in [-0.15, -0.1) is 11.3 Å². The van der Waals surface area contributed by atoms with E-state index in [4.69, 9.17) is 4.74 Å². The van der Waals surface area contributed by atoms with Gasteiger partial charge < -0.3 is 10.1 Å². The Morgan fingerprint density at radius 1 is 1.00 bits per heavy atom. The predicted octanol–water partition coefficient (Wildman–Crippen LogP) is 4.32. The molecule has 28 heavy (non-hydrogen) atoms. The second kappa shape index (κ2) is 8.31. The van der Waals surface area contributed by atoms with Crippen molar-refractivity contribution >= 4 is 44.9 Å². The zero-order chi connectivity index (χ0) is 20.3. The monoisotopic (exact) mass is 396 g/mol. The van der Waals surface area contributed by atoms with Gasteiger partial charge in [0.2, 0.25) is 11.7 Å². The van der Waals surface area contributed by atoms with Gasteiger partial charge in [0.1, 0.15) is 0 Å². The fourth-order valence-corrected chi connectivity index (χ4v) is 3.22. The Hall–Kier alpha value is -3.06. The van der Waals surface area contributed by atoms with E-state index in [1.54, 1.807) is 68.7 Å². The van der Waals surface area contributed by atoms with Crippen molar-refractivity contribution in [2.75, 3.05) is 5.32 Å². The van der Waals surface area contributed by atoms with Crippen LogP contribution in [0.5, 0.6) is 0 Å². The van der Waals surface area contributed by atoms with Gasteiger partial charge in [0.15, 0.2) is 6.10 Å². The summed E-state index contributed by atoms with van der Waals surface area (Å²) in [6, 6.07) is 11.6. The number of carbonyl (C=O) groups is 3. The predicted molar refractivity (Wildman–Crippen MR) is 109 cm³/mol. The molecule has 1 amide bonds. The van der Waals surface area contributed by atoms with Crippen molar-refractivity contribution in [3.05, 3.63) is 59.1 Å². The highest BCUT2D eigenvalue weighted by atomic mass is 32.1. The Morgan fingerprint density at radius 2 is 1.68 bits per heavy atom. The fraction of sp³-hybridized carbons (Fsp3) is 0.238. The van der Waals surface area contributed by atoms with E-state index < -0.39 is 12.1 Å². The molecule has 0 bridgehead atoms. The van der Waals surface area contributed by atoms with Crippen molar-refractivity contribution in [2.45, 2.75) is 26.9 Å². The maximum Gasteiger partial charge on any atom is 0.338 e. The maximum absolute atomic E-state index is 12.6. The van der Waals surface area contributed by atoms with Gasteiger partial charge in [0.05, 0.1) is 21.3 Å². The molecule has 0 fully saturated rings. The number of amides is 1. The highest BCUT2D eigenvalue weighted by Crippen LogP contribution is 2.20. The first-order chi connectivity index (χ1) is 13.3. The Bertz CT molecular complexity index is 1020. The first-order valence-electron chi connectivity index (χ1n) is 8.84. The van der Waals surface area contributed by atoms with Crippen LogP contribution in [0, 0.1) is 5.92 Å². The topological polar surface area (TPSA) is 85.4 Å². The van der Waals surface area contributed by atoms with Crippen molar-refractivity contribution in [3.8, 4) is 0 Å². The number of hydrogen-bond donors (Lipinski definition) is 1. The molecule has 0 unspecified atom stereocenters. The minimum Gasteiger partial charge on any atom is -0.451 e. The van der Waals surface area contributed by atoms with Crippen molar-refractivity contribution in [2.24, 2.45) is 5.92 Å². The van der Waals surface area contributed by atoms with E-state index in [0.29, 0.717) is 16.8 Å². The van der Waals surface area contributed by atoms with Gasteiger partial charge in [-0.3, -0.25) is 9.59 Å². The minimum atomic E-state index is -0.930. The largest absolute Gasteiger partial charge is 0.451 e. The molecule has 6 nitrogen and oxygen atoms in total. The summed E-state index contributed by atoms with van der Waals surface area (Å²) in [4.78, 5) is 40.8. The molecule has 1 N–H and O–H groups in total. The van der Waals surface area contributed by atoms with Crippen molar-refractivity contribution in [1.29, 1.82) is 0 Å². The number of fused-ring (bicyclic) bond motifs is 1. The van der Waals surface area contributed by atoms with Crippen LogP contribution < -0.4 is 5.32 Å². The van der Waals surface area contributed by atoms with E-state index in [2.05, 4.69) is 10.3 Å². The molecule has 3 rings (SSSR count). The highest BCUT2D eigenvalue weighted by molar-refractivity contribution is 7.16. The Kier molecular flexibility index (Phi) is 5.84. The molecule has 1 aromatic heterocycles. The van der Waals surface area contributed by atoms with Crippen molar-refractivity contribution in [3.63, 3.8) is 0 Å². The number of carbonyl (C=O) groups excluding carboxylic acids is 3. The number of ether oxygens (including phenoxy) is 1. The molecule has 0 spiro atoms. The van der Waals surface area contributed by atoms with E-state index in [0.717, 1.165) is 10.2 Å². The van der Waals surface area contributed by atoms with Crippen LogP contribution in [0.1, 0.15) is 41.5 Å². The Balaban J connectivity index is 1.64. The third-order valence-electron chi connectivity index (χ3n) is 4.18. The van der Waals surface area contributed by atoms with Crippen LogP contribution in [-0.2, 0) is 9.53 Å². The fourth-order valence-electron chi connectivity index (χ4n) is 2.50. The molecule has 3 aromatic rings. The first kappa shape index (κ1) is 19.7. The number of hydrogen-bond acceptors (Lipinski definition) is 6. The molecule has 0 aliphatic rings. The number of aromatic nitrogens is 1. The van der Waals surface area contributed by atoms with Gasteiger partial charge in [-0.2, -0.15) is 0 Å². The Morgan fingerprint density at radius 3 is 2.36 bits per heavy atom. The lowest BCUT2D eigenvalue weighted by Crippen LogP contribution is -2.24. The molecule has 0 saturated carbocycles. The van der Waals surface area contributed by atoms with Gasteiger partial charge in [-0.05, 0) is 49.4 Å². The molecular weight excluding hydrogens is 376 g/mol. The van der Waals surface area contributed by atoms with Crippen molar-refractivity contribution in [1.82, 2.24) is 4.98 Å². The van der Waals surface area contributed by atoms with Gasteiger partial charge in [-0.1, -0.05) is 13.8 Å². The number of nitrogens with zero attached hydrogens (tertiary/aromatic N) is 1. The molecule has 1 atom stereocenters. The number of thiazole rings is 1. The van der Waals surface area contributed by atoms with Gasteiger partial charge >= 0.3 is 5.97 Å². The first-order valence-corrected chi connectivity index (χ1v) is 9.72. The van der Waals surface area contributed by atoms with Crippen LogP contribution in [-0.4, -0.2) is 28.7 Å². The second-order valence-electron chi connectivity index (χ2n) is 6.67. The summed E-state index contributed by atoms with van der Waals surface area (Å²) < 4.78 is 6.21. The summed E-state index contributed by atoms with van der Waals surface area (Å²) in [5.74, 6) is -1.10. The zero-order valence-electron chi connectivity index (χ0n) is 15.8. The van der Waals surface area contributed by atoms with Crippen molar-refractivity contribution < 1.29 is 19.1 Å². The number of nitrogens with one attached hydrogen (secondary N) is 1. The van der Waals surface area contributed by atoms with E-state index in [9.17, 15) is 14.4 Å². The summed E-state index contributed by atoms with van der Waals surface area (Å²) in [5.41, 5.74) is 3.91. The molecule has 2 aromatic carbocycles. The SMILES string of the molecule is CC(C)C(=O)Nc1ccc(C(=O)[C@H](C)OC(=O)c2ccc3ncsc3c2)cc1. The smallest absolute Gasteiger partial charge is 0.338 e. The minimum absolute atomic E-state index is 0.0979. The standard InChI is InChI=1S/C21H20N2O4S/c1-12(2)20(25)23-16-7-4-14(5-8-16)19(24)13(3)27-21(26)15-6-9-17-18(10-15)28-11-22-17/h4-13H,1-3H3,(H,23,25)/t13-/m0/s1. The molecule has 0 aliphatic heterocycles. The summed E-state index contributed by atoms with van der Waals surface area (Å²) in [6.07, 6.45) is -0.930. The van der Waals surface area contributed by atoms with Crippen LogP contribution in [0.15, 0.2) is 48.0 Å². The summed E-state index contributed by atoms with van der Waals surface area (Å²) in [5, 5.41) is 2.76. The van der Waals surface area contributed by atoms with Gasteiger partial charge in [0, 0.05) is 17.2 Å². The lowest BCUT2D eigenvalue weighted by molar-refractivity contribution is -0.118. The molecule has 0 saturated heterocycles. The third kappa shape index (κ3) is 4.43. The van der Waals surface area contributed by atoms with E-state index in [-0.39, 0.29) is 17.6 Å². The Labute approximate surface area is 166 Å². The van der Waals surface area contributed by atoms with Crippen LogP contribution in [0.2, 0.25) is 0 Å². The maximum atomic E-state index is 12.6. The average Bonchev–Trinajstić information content (AvgIpc) is 3.15. The lowest BCUT2D eigenvalue weighted by atomic mass is 10.1. The number of rotatable bonds is 6. The molecular formula is C21H20N2O4S. The van der Waals surface area contributed by atoms with Crippen LogP contribution >= 0.6 is 11.3 Å². The van der Waals surface area contributed by atoms with E-state index in [1.165, 1.54) is 11.3 Å². The zero-order valence-corrected chi connectivity index (χ0v) is 16.6. The highest BCUT2D eigenvalue weighted by Gasteiger charge is 2.21. The van der Waals surface area contributed by atoms with Crippen LogP contribution in [0.3, 0.4) is 0 Å². The molecule has 0 radical (unpaired) electrons. The number of ketones is 1. The third-order valence-corrected chi connectivity index (χ3v) is 4.97. The molecule has 1 heterocycles. The summed E-state index contributed by atoms with van der Waals surface area (Å²) in [6.45, 7) is 5.14. The number of esters is 1. The van der Waals surface area contributed by atoms with Crippen LogP contribution in [0.4, 0.5) is 5.69 Å². The normalized spacial score (nSPS) is 12.0. The molecule has 7 heteroatoms.